The average Bonchev–Trinajstić information content (AvgIpc) is 2.40. The molecule has 0 spiro atoms. The van der Waals surface area contributed by atoms with Crippen LogP contribution in [0.25, 0.3) is 0 Å². The summed E-state index contributed by atoms with van der Waals surface area (Å²) in [5.41, 5.74) is 8.63. The smallest absolute Gasteiger partial charge is 0.0620 e. The van der Waals surface area contributed by atoms with Crippen LogP contribution in [0, 0.1) is 6.92 Å². The number of anilines is 1. The summed E-state index contributed by atoms with van der Waals surface area (Å²) in [6.45, 7) is 1.97. The lowest BCUT2D eigenvalue weighted by atomic mass is 10.2. The highest BCUT2D eigenvalue weighted by Gasteiger charge is 2.08. The van der Waals surface area contributed by atoms with Crippen molar-refractivity contribution in [1.82, 2.24) is 4.98 Å². The minimum absolute atomic E-state index is 0.569. The van der Waals surface area contributed by atoms with E-state index in [9.17, 15) is 4.21 Å². The van der Waals surface area contributed by atoms with E-state index in [0.717, 1.165) is 22.4 Å². The third-order valence-electron chi connectivity index (χ3n) is 2.71. The summed E-state index contributed by atoms with van der Waals surface area (Å²) in [7, 11) is -1.06. The minimum atomic E-state index is -1.06. The lowest BCUT2D eigenvalue weighted by Crippen LogP contribution is -2.05. The molecule has 2 aromatic rings. The minimum Gasteiger partial charge on any atom is -0.398 e. The first kappa shape index (κ1) is 12.8. The van der Waals surface area contributed by atoms with E-state index in [4.69, 9.17) is 5.73 Å². The predicted molar refractivity (Wildman–Crippen MR) is 74.8 cm³/mol. The zero-order valence-corrected chi connectivity index (χ0v) is 11.1. The number of rotatable bonds is 4. The molecule has 0 saturated heterocycles. The van der Waals surface area contributed by atoms with Crippen LogP contribution in [0.1, 0.15) is 11.1 Å². The molecule has 0 radical (unpaired) electrons. The normalized spacial score (nSPS) is 12.3. The Morgan fingerprint density at radius 1 is 1.33 bits per heavy atom. The maximum absolute atomic E-state index is 12.2. The first-order valence-electron chi connectivity index (χ1n) is 5.80. The quantitative estimate of drug-likeness (QED) is 0.858. The monoisotopic (exact) mass is 260 g/mol. The van der Waals surface area contributed by atoms with Crippen LogP contribution >= 0.6 is 0 Å². The molecule has 1 unspecified atom stereocenters. The van der Waals surface area contributed by atoms with Gasteiger partial charge in [0.15, 0.2) is 0 Å². The van der Waals surface area contributed by atoms with Gasteiger partial charge < -0.3 is 5.73 Å². The Kier molecular flexibility index (Phi) is 4.10. The highest BCUT2D eigenvalue weighted by atomic mass is 32.2. The van der Waals surface area contributed by atoms with Crippen LogP contribution in [-0.2, 0) is 17.2 Å². The number of nitrogen functional groups attached to an aromatic ring is 1. The SMILES string of the molecule is Cc1ccc(N)c(S(=O)CCc2cccnc2)c1. The molecule has 18 heavy (non-hydrogen) atoms. The van der Waals surface area contributed by atoms with Gasteiger partial charge in [0, 0.05) is 23.8 Å². The number of nitrogens with zero attached hydrogens (tertiary/aromatic N) is 1. The van der Waals surface area contributed by atoms with Crippen molar-refractivity contribution in [3.8, 4) is 0 Å². The van der Waals surface area contributed by atoms with Crippen molar-refractivity contribution in [3.63, 3.8) is 0 Å². The molecule has 1 heterocycles. The second-order valence-corrected chi connectivity index (χ2v) is 5.74. The van der Waals surface area contributed by atoms with Gasteiger partial charge in [-0.15, -0.1) is 0 Å². The van der Waals surface area contributed by atoms with Gasteiger partial charge in [0.05, 0.1) is 15.7 Å². The van der Waals surface area contributed by atoms with Gasteiger partial charge in [-0.2, -0.15) is 0 Å². The van der Waals surface area contributed by atoms with Crippen molar-refractivity contribution in [2.45, 2.75) is 18.2 Å². The van der Waals surface area contributed by atoms with Crippen LogP contribution in [0.4, 0.5) is 5.69 Å². The molecule has 4 heteroatoms. The standard InChI is InChI=1S/C14H16N2OS/c1-11-4-5-13(15)14(9-11)18(17)8-6-12-3-2-7-16-10-12/h2-5,7,9-10H,6,8,15H2,1H3. The Bertz CT molecular complexity index is 555. The van der Waals surface area contributed by atoms with Gasteiger partial charge in [-0.25, -0.2) is 0 Å². The fourth-order valence-corrected chi connectivity index (χ4v) is 2.99. The van der Waals surface area contributed by atoms with Crippen molar-refractivity contribution >= 4 is 16.5 Å². The fraction of sp³-hybridized carbons (Fsp3) is 0.214. The number of pyridine rings is 1. The number of aromatic nitrogens is 1. The Morgan fingerprint density at radius 2 is 2.17 bits per heavy atom. The molecule has 0 saturated carbocycles. The number of hydrogen-bond acceptors (Lipinski definition) is 3. The lowest BCUT2D eigenvalue weighted by molar-refractivity contribution is 0.682. The van der Waals surface area contributed by atoms with Crippen LogP contribution in [0.2, 0.25) is 0 Å². The highest BCUT2D eigenvalue weighted by molar-refractivity contribution is 7.85. The van der Waals surface area contributed by atoms with Crippen LogP contribution in [-0.4, -0.2) is 14.9 Å². The van der Waals surface area contributed by atoms with Crippen LogP contribution in [0.3, 0.4) is 0 Å². The summed E-state index contributed by atoms with van der Waals surface area (Å²) in [5, 5.41) is 0. The van der Waals surface area contributed by atoms with Gasteiger partial charge in [0.2, 0.25) is 0 Å². The van der Waals surface area contributed by atoms with Crippen molar-refractivity contribution in [2.24, 2.45) is 0 Å². The zero-order chi connectivity index (χ0) is 13.0. The number of benzene rings is 1. The fourth-order valence-electron chi connectivity index (χ4n) is 1.71. The molecular weight excluding hydrogens is 244 g/mol. The second-order valence-electron chi connectivity index (χ2n) is 4.20. The van der Waals surface area contributed by atoms with Gasteiger partial charge in [0.1, 0.15) is 0 Å². The molecule has 94 valence electrons. The van der Waals surface area contributed by atoms with Crippen LogP contribution in [0.5, 0.6) is 0 Å². The molecule has 2 rings (SSSR count). The van der Waals surface area contributed by atoms with E-state index in [0.29, 0.717) is 11.4 Å². The van der Waals surface area contributed by atoms with Crippen LogP contribution in [0.15, 0.2) is 47.6 Å². The molecular formula is C14H16N2OS. The van der Waals surface area contributed by atoms with Crippen molar-refractivity contribution in [2.75, 3.05) is 11.5 Å². The first-order chi connectivity index (χ1) is 8.66. The van der Waals surface area contributed by atoms with E-state index >= 15 is 0 Å². The molecule has 0 amide bonds. The summed E-state index contributed by atoms with van der Waals surface area (Å²) in [6, 6.07) is 9.52. The molecule has 1 atom stereocenters. The van der Waals surface area contributed by atoms with Crippen molar-refractivity contribution < 1.29 is 4.21 Å². The maximum atomic E-state index is 12.2. The van der Waals surface area contributed by atoms with Gasteiger partial charge in [0.25, 0.3) is 0 Å². The van der Waals surface area contributed by atoms with E-state index in [2.05, 4.69) is 4.98 Å². The molecule has 0 aliphatic rings. The predicted octanol–water partition coefficient (Wildman–Crippen LogP) is 2.32. The first-order valence-corrected chi connectivity index (χ1v) is 7.12. The van der Waals surface area contributed by atoms with E-state index in [1.54, 1.807) is 12.4 Å². The molecule has 2 N–H and O–H groups in total. The topological polar surface area (TPSA) is 56.0 Å². The van der Waals surface area contributed by atoms with E-state index < -0.39 is 10.8 Å². The molecule has 0 aliphatic heterocycles. The molecule has 0 aliphatic carbocycles. The van der Waals surface area contributed by atoms with Crippen molar-refractivity contribution in [1.29, 1.82) is 0 Å². The summed E-state index contributed by atoms with van der Waals surface area (Å²) < 4.78 is 12.2. The number of hydrogen-bond donors (Lipinski definition) is 1. The number of nitrogens with two attached hydrogens (primary N) is 1. The summed E-state index contributed by atoms with van der Waals surface area (Å²) in [5.74, 6) is 0.569. The van der Waals surface area contributed by atoms with E-state index in [1.165, 1.54) is 0 Å². The van der Waals surface area contributed by atoms with Crippen molar-refractivity contribution in [3.05, 3.63) is 53.9 Å². The average molecular weight is 260 g/mol. The molecule has 0 bridgehead atoms. The summed E-state index contributed by atoms with van der Waals surface area (Å²) in [4.78, 5) is 4.78. The Labute approximate surface area is 110 Å². The Morgan fingerprint density at radius 3 is 2.89 bits per heavy atom. The molecule has 1 aromatic carbocycles. The molecule has 0 fully saturated rings. The highest BCUT2D eigenvalue weighted by Crippen LogP contribution is 2.18. The Balaban J connectivity index is 2.06. The third kappa shape index (κ3) is 3.17. The van der Waals surface area contributed by atoms with E-state index in [-0.39, 0.29) is 0 Å². The van der Waals surface area contributed by atoms with E-state index in [1.807, 2.05) is 37.3 Å². The van der Waals surface area contributed by atoms with Gasteiger partial charge >= 0.3 is 0 Å². The Hall–Kier alpha value is -1.68. The van der Waals surface area contributed by atoms with Gasteiger partial charge in [-0.3, -0.25) is 9.19 Å². The van der Waals surface area contributed by atoms with Gasteiger partial charge in [-0.05, 0) is 42.7 Å². The third-order valence-corrected chi connectivity index (χ3v) is 4.13. The summed E-state index contributed by atoms with van der Waals surface area (Å²) in [6.07, 6.45) is 4.28. The molecule has 3 nitrogen and oxygen atoms in total. The lowest BCUT2D eigenvalue weighted by Gasteiger charge is -2.07. The largest absolute Gasteiger partial charge is 0.398 e. The zero-order valence-electron chi connectivity index (χ0n) is 10.3. The maximum Gasteiger partial charge on any atom is 0.0620 e. The number of aryl methyl sites for hydroxylation is 2. The second kappa shape index (κ2) is 5.78. The van der Waals surface area contributed by atoms with Crippen LogP contribution < -0.4 is 5.73 Å². The molecule has 1 aromatic heterocycles. The summed E-state index contributed by atoms with van der Waals surface area (Å²) >= 11 is 0. The van der Waals surface area contributed by atoms with Gasteiger partial charge in [-0.1, -0.05) is 12.1 Å².